The average Bonchev–Trinajstić information content (AvgIpc) is 3.40. The third kappa shape index (κ3) is 2.97. The Hall–Kier alpha value is -2.81. The average molecular weight is 366 g/mol. The first-order valence-corrected chi connectivity index (χ1v) is 9.24. The Labute approximate surface area is 157 Å². The van der Waals surface area contributed by atoms with Gasteiger partial charge in [0.25, 0.3) is 0 Å². The molecule has 0 aromatic carbocycles. The first-order chi connectivity index (χ1) is 13.2. The van der Waals surface area contributed by atoms with E-state index in [-0.39, 0.29) is 0 Å². The van der Waals surface area contributed by atoms with E-state index in [2.05, 4.69) is 37.0 Å². The number of fused-ring (bicyclic) bond motifs is 1. The summed E-state index contributed by atoms with van der Waals surface area (Å²) in [6.07, 6.45) is 4.16. The van der Waals surface area contributed by atoms with Gasteiger partial charge in [-0.15, -0.1) is 15.3 Å². The highest BCUT2D eigenvalue weighted by Crippen LogP contribution is 2.38. The second-order valence-electron chi connectivity index (χ2n) is 7.23. The van der Waals surface area contributed by atoms with Crippen molar-refractivity contribution in [2.45, 2.75) is 31.4 Å². The maximum absolute atomic E-state index is 5.13. The van der Waals surface area contributed by atoms with Crippen molar-refractivity contribution in [2.75, 3.05) is 37.0 Å². The number of methoxy groups -OCH3 is 1. The molecule has 0 N–H and O–H groups in total. The van der Waals surface area contributed by atoms with Crippen LogP contribution >= 0.6 is 0 Å². The zero-order chi connectivity index (χ0) is 18.4. The highest BCUT2D eigenvalue weighted by molar-refractivity contribution is 5.50. The van der Waals surface area contributed by atoms with E-state index in [1.807, 2.05) is 22.7 Å². The summed E-state index contributed by atoms with van der Waals surface area (Å²) in [4.78, 5) is 13.3. The molecule has 0 unspecified atom stereocenters. The van der Waals surface area contributed by atoms with Crippen molar-refractivity contribution >= 4 is 17.3 Å². The summed E-state index contributed by atoms with van der Waals surface area (Å²) >= 11 is 0. The second kappa shape index (κ2) is 6.41. The summed E-state index contributed by atoms with van der Waals surface area (Å²) in [5.74, 6) is 4.10. The van der Waals surface area contributed by atoms with Crippen LogP contribution in [0.5, 0.6) is 0 Å². The van der Waals surface area contributed by atoms with Crippen molar-refractivity contribution in [3.8, 4) is 0 Å². The van der Waals surface area contributed by atoms with Crippen LogP contribution in [-0.2, 0) is 11.3 Å². The number of aromatic nitrogens is 6. The number of hydrogen-bond donors (Lipinski definition) is 0. The summed E-state index contributed by atoms with van der Waals surface area (Å²) < 4.78 is 7.03. The molecule has 140 valence electrons. The van der Waals surface area contributed by atoms with Crippen molar-refractivity contribution in [2.24, 2.45) is 0 Å². The zero-order valence-corrected chi connectivity index (χ0v) is 15.5. The first kappa shape index (κ1) is 16.4. The van der Waals surface area contributed by atoms with Gasteiger partial charge >= 0.3 is 0 Å². The fourth-order valence-electron chi connectivity index (χ4n) is 3.42. The molecule has 9 nitrogen and oxygen atoms in total. The fourth-order valence-corrected chi connectivity index (χ4v) is 3.42. The lowest BCUT2D eigenvalue weighted by Gasteiger charge is -2.44. The maximum Gasteiger partial charge on any atom is 0.178 e. The van der Waals surface area contributed by atoms with Gasteiger partial charge in [-0.3, -0.25) is 0 Å². The number of rotatable bonds is 6. The van der Waals surface area contributed by atoms with Crippen molar-refractivity contribution in [1.29, 1.82) is 0 Å². The summed E-state index contributed by atoms with van der Waals surface area (Å²) in [5.41, 5.74) is 0.821. The zero-order valence-electron chi connectivity index (χ0n) is 15.5. The molecule has 0 amide bonds. The van der Waals surface area contributed by atoms with E-state index in [0.29, 0.717) is 24.4 Å². The smallest absolute Gasteiger partial charge is 0.178 e. The molecule has 1 saturated heterocycles. The summed E-state index contributed by atoms with van der Waals surface area (Å²) in [6, 6.07) is 6.35. The predicted octanol–water partition coefficient (Wildman–Crippen LogP) is 1.26. The van der Waals surface area contributed by atoms with E-state index in [4.69, 9.17) is 9.84 Å². The molecule has 1 aliphatic carbocycles. The van der Waals surface area contributed by atoms with Crippen molar-refractivity contribution < 1.29 is 4.74 Å². The molecule has 0 radical (unpaired) electrons. The molecule has 0 atom stereocenters. The lowest BCUT2D eigenvalue weighted by molar-refractivity contribution is 0.178. The van der Waals surface area contributed by atoms with Gasteiger partial charge in [-0.1, -0.05) is 0 Å². The van der Waals surface area contributed by atoms with Crippen molar-refractivity contribution in [1.82, 2.24) is 29.8 Å². The molecule has 2 aliphatic rings. The minimum absolute atomic E-state index is 0.386. The van der Waals surface area contributed by atoms with E-state index in [1.54, 1.807) is 13.3 Å². The van der Waals surface area contributed by atoms with Crippen LogP contribution in [0.3, 0.4) is 0 Å². The Bertz CT molecular complexity index is 963. The lowest BCUT2D eigenvalue weighted by atomic mass is 10.1. The molecule has 0 spiro atoms. The quantitative estimate of drug-likeness (QED) is 0.645. The standard InChI is InChI=1S/C18H22N8O/c1-24(15-7-8-19-14(20-15)11-27-2)13-9-25(10-13)17-6-5-16-21-22-18(12-3-4-12)26(16)23-17/h5-8,12-13H,3-4,9-11H2,1-2H3. The van der Waals surface area contributed by atoms with E-state index in [0.717, 1.165) is 36.2 Å². The monoisotopic (exact) mass is 366 g/mol. The molecule has 5 rings (SSSR count). The molecule has 0 bridgehead atoms. The van der Waals surface area contributed by atoms with Gasteiger partial charge in [-0.05, 0) is 31.0 Å². The molecule has 1 aliphatic heterocycles. The third-order valence-electron chi connectivity index (χ3n) is 5.27. The Kier molecular flexibility index (Phi) is 3.89. The van der Waals surface area contributed by atoms with Gasteiger partial charge < -0.3 is 14.5 Å². The highest BCUT2D eigenvalue weighted by atomic mass is 16.5. The van der Waals surface area contributed by atoms with E-state index >= 15 is 0 Å². The minimum Gasteiger partial charge on any atom is -0.377 e. The lowest BCUT2D eigenvalue weighted by Crippen LogP contribution is -2.59. The molecular weight excluding hydrogens is 344 g/mol. The van der Waals surface area contributed by atoms with Crippen LogP contribution in [-0.4, -0.2) is 63.1 Å². The molecule has 3 aromatic rings. The van der Waals surface area contributed by atoms with Gasteiger partial charge in [-0.2, -0.15) is 4.52 Å². The van der Waals surface area contributed by atoms with E-state index in [9.17, 15) is 0 Å². The number of ether oxygens (including phenoxy) is 1. The minimum atomic E-state index is 0.386. The molecule has 3 aromatic heterocycles. The topological polar surface area (TPSA) is 84.6 Å². The first-order valence-electron chi connectivity index (χ1n) is 9.24. The van der Waals surface area contributed by atoms with Crippen LogP contribution in [0.2, 0.25) is 0 Å². The van der Waals surface area contributed by atoms with Crippen LogP contribution < -0.4 is 9.80 Å². The largest absolute Gasteiger partial charge is 0.377 e. The van der Waals surface area contributed by atoms with Gasteiger partial charge in [0.15, 0.2) is 17.3 Å². The van der Waals surface area contributed by atoms with Crippen LogP contribution in [0.1, 0.15) is 30.4 Å². The SMILES string of the molecule is COCc1nccc(N(C)C2CN(c3ccc4nnc(C5CC5)n4n3)C2)n1. The van der Waals surface area contributed by atoms with Crippen LogP contribution in [0.4, 0.5) is 11.6 Å². The van der Waals surface area contributed by atoms with Gasteiger partial charge in [0, 0.05) is 39.4 Å². The summed E-state index contributed by atoms with van der Waals surface area (Å²) in [6.45, 7) is 2.23. The predicted molar refractivity (Wildman–Crippen MR) is 99.9 cm³/mol. The normalized spacial score (nSPS) is 17.3. The molecule has 1 saturated carbocycles. The Morgan fingerprint density at radius 1 is 1.19 bits per heavy atom. The number of hydrogen-bond acceptors (Lipinski definition) is 8. The Morgan fingerprint density at radius 2 is 2.04 bits per heavy atom. The molecule has 27 heavy (non-hydrogen) atoms. The molecule has 9 heteroatoms. The van der Waals surface area contributed by atoms with E-state index < -0.39 is 0 Å². The maximum atomic E-state index is 5.13. The number of likely N-dealkylation sites (N-methyl/N-ethyl adjacent to an activating group) is 1. The van der Waals surface area contributed by atoms with Crippen LogP contribution in [0, 0.1) is 0 Å². The van der Waals surface area contributed by atoms with Gasteiger partial charge in [0.1, 0.15) is 18.2 Å². The van der Waals surface area contributed by atoms with Gasteiger partial charge in [0.05, 0.1) is 6.04 Å². The number of anilines is 2. The number of nitrogens with zero attached hydrogens (tertiary/aromatic N) is 8. The van der Waals surface area contributed by atoms with Crippen LogP contribution in [0.15, 0.2) is 24.4 Å². The van der Waals surface area contributed by atoms with Crippen LogP contribution in [0.25, 0.3) is 5.65 Å². The van der Waals surface area contributed by atoms with Crippen molar-refractivity contribution in [3.05, 3.63) is 36.0 Å². The molecular formula is C18H22N8O. The van der Waals surface area contributed by atoms with Crippen molar-refractivity contribution in [3.63, 3.8) is 0 Å². The van der Waals surface area contributed by atoms with Gasteiger partial charge in [0.2, 0.25) is 0 Å². The summed E-state index contributed by atoms with van der Waals surface area (Å²) in [5, 5.41) is 13.3. The molecule has 4 heterocycles. The third-order valence-corrected chi connectivity index (χ3v) is 5.27. The van der Waals surface area contributed by atoms with E-state index in [1.165, 1.54) is 12.8 Å². The van der Waals surface area contributed by atoms with Gasteiger partial charge in [-0.25, -0.2) is 9.97 Å². The molecule has 2 fully saturated rings. The Morgan fingerprint density at radius 3 is 2.81 bits per heavy atom. The fraction of sp³-hybridized carbons (Fsp3) is 0.500. The highest BCUT2D eigenvalue weighted by Gasteiger charge is 2.33. The second-order valence-corrected chi connectivity index (χ2v) is 7.23. The summed E-state index contributed by atoms with van der Waals surface area (Å²) in [7, 11) is 3.72. The Balaban J connectivity index is 1.29.